The summed E-state index contributed by atoms with van der Waals surface area (Å²) >= 11 is 0. The molecule has 0 aliphatic heterocycles. The van der Waals surface area contributed by atoms with Crippen molar-refractivity contribution in [1.29, 1.82) is 0 Å². The zero-order valence-corrected chi connectivity index (χ0v) is 9.58. The molecule has 0 aliphatic rings. The van der Waals surface area contributed by atoms with E-state index in [1.54, 1.807) is 0 Å². The molecule has 0 rings (SSSR count). The van der Waals surface area contributed by atoms with Crippen LogP contribution in [0.2, 0.25) is 0 Å². The third kappa shape index (κ3) is 164. The maximum atomic E-state index is 8.74. The maximum absolute atomic E-state index is 8.74. The molecule has 0 aromatic rings. The van der Waals surface area contributed by atoms with Crippen LogP contribution in [0.4, 0.5) is 0 Å². The van der Waals surface area contributed by atoms with E-state index in [1.165, 1.54) is 0 Å². The average Bonchev–Trinajstić information content (AvgIpc) is 0.811. The summed E-state index contributed by atoms with van der Waals surface area (Å²) < 4.78 is 8.74. The van der Waals surface area contributed by atoms with Gasteiger partial charge in [0.1, 0.15) is 0 Å². The molecule has 0 saturated heterocycles. The molecular weight excluding hydrogens is 294 g/mol. The van der Waals surface area contributed by atoms with Crippen LogP contribution in [0, 0.1) is 0 Å². The fourth-order valence-electron chi connectivity index (χ4n) is 0. The summed E-state index contributed by atoms with van der Waals surface area (Å²) in [5.74, 6) is 0. The van der Waals surface area contributed by atoms with E-state index < -0.39 is 9.17 Å². The topological polar surface area (TPSA) is 57.5 Å². The van der Waals surface area contributed by atoms with Gasteiger partial charge in [-0.15, -0.1) is 0 Å². The Morgan fingerprint density at radius 3 is 1.33 bits per heavy atom. The molecule has 0 bridgehead atoms. The average molecular weight is 298 g/mol. The first-order valence-corrected chi connectivity index (χ1v) is 1.95. The molecule has 0 amide bonds. The van der Waals surface area contributed by atoms with Gasteiger partial charge in [0.2, 0.25) is 0 Å². The zero-order valence-electron chi connectivity index (χ0n) is 3.09. The van der Waals surface area contributed by atoms with Gasteiger partial charge in [-0.05, 0) is 0 Å². The summed E-state index contributed by atoms with van der Waals surface area (Å²) in [5, 5.41) is 0. The third-order valence-corrected chi connectivity index (χ3v) is 0. The zero-order chi connectivity index (χ0) is 3.58. The van der Waals surface area contributed by atoms with E-state index in [1.807, 2.05) is 0 Å². The molecule has 0 spiro atoms. The molecule has 3 nitrogen and oxygen atoms in total. The third-order valence-electron chi connectivity index (χ3n) is 0. The Labute approximate surface area is 59.0 Å². The van der Waals surface area contributed by atoms with Crippen molar-refractivity contribution in [2.24, 2.45) is 0 Å². The van der Waals surface area contributed by atoms with Crippen LogP contribution in [0.1, 0.15) is 0 Å². The molecule has 0 aromatic carbocycles. The molecule has 0 aliphatic carbocycles. The molecule has 5 radical (unpaired) electrons. The van der Waals surface area contributed by atoms with Crippen molar-refractivity contribution in [3.05, 3.63) is 0 Å². The number of hydrogen-bond acceptors (Lipinski definition) is 1. The quantitative estimate of drug-likeness (QED) is 0.472. The second-order valence-corrected chi connectivity index (χ2v) is 0.848. The van der Waals surface area contributed by atoms with Crippen LogP contribution in [-0.4, -0.2) is 54.5 Å². The Hall–Kier alpha value is 0.604. The number of rotatable bonds is 0. The Morgan fingerprint density at radius 1 is 1.33 bits per heavy atom. The van der Waals surface area contributed by atoms with Crippen LogP contribution in [0.25, 0.3) is 0 Å². The Bertz CT molecular complexity index is 33.8. The Morgan fingerprint density at radius 2 is 1.33 bits per heavy atom. The van der Waals surface area contributed by atoms with Gasteiger partial charge in [-0.1, -0.05) is 0 Å². The normalized spacial score (nSPS) is 4.00. The summed E-state index contributed by atoms with van der Waals surface area (Å²) in [6, 6.07) is 0. The molecular formula is H4BO3PbSi. The second kappa shape index (κ2) is 9.15. The summed E-state index contributed by atoms with van der Waals surface area (Å²) in [6.07, 6.45) is 0. The van der Waals surface area contributed by atoms with E-state index in [-0.39, 0.29) is 35.7 Å². The van der Waals surface area contributed by atoms with Gasteiger partial charge < -0.3 is 9.59 Å². The predicted molar refractivity (Wildman–Crippen MR) is 25.2 cm³/mol. The fraction of sp³-hybridized carbons (Fsp3) is 0. The molecule has 0 aromatic heterocycles. The fourth-order valence-corrected chi connectivity index (χ4v) is 0. The van der Waals surface area contributed by atoms with E-state index >= 15 is 0 Å². The van der Waals surface area contributed by atoms with Gasteiger partial charge in [0.05, 0.1) is 0 Å². The standard InChI is InChI=1S/B.H2O3Si.Pb.2H/c;1-4(2)3;;;/h;1-2H;;;. The first-order valence-electron chi connectivity index (χ1n) is 0.651. The minimum atomic E-state index is -3.13. The first kappa shape index (κ1) is 16.0. The summed E-state index contributed by atoms with van der Waals surface area (Å²) in [7, 11) is -3.13. The predicted octanol–water partition coefficient (Wildman–Crippen LogP) is -2.91. The summed E-state index contributed by atoms with van der Waals surface area (Å²) in [4.78, 5) is 14.3. The van der Waals surface area contributed by atoms with Crippen molar-refractivity contribution >= 4 is 44.9 Å². The van der Waals surface area contributed by atoms with Gasteiger partial charge in [-0.3, -0.25) is 4.46 Å². The van der Waals surface area contributed by atoms with Crippen molar-refractivity contribution in [3.8, 4) is 0 Å². The van der Waals surface area contributed by atoms with Gasteiger partial charge >= 0.3 is 36.5 Å². The SMILES string of the molecule is O=[Si](O)O.[B].[PbH2]. The molecule has 0 heterocycles. The van der Waals surface area contributed by atoms with Crippen LogP contribution in [0.5, 0.6) is 0 Å². The van der Waals surface area contributed by atoms with E-state index in [0.29, 0.717) is 0 Å². The minimum absolute atomic E-state index is 0. The van der Waals surface area contributed by atoms with Crippen LogP contribution in [-0.2, 0) is 4.46 Å². The first-order chi connectivity index (χ1) is 1.73. The molecule has 2 N–H and O–H groups in total. The van der Waals surface area contributed by atoms with Gasteiger partial charge in [-0.25, -0.2) is 0 Å². The van der Waals surface area contributed by atoms with Crippen molar-refractivity contribution < 1.29 is 14.1 Å². The van der Waals surface area contributed by atoms with Gasteiger partial charge in [0, 0.05) is 8.41 Å². The molecule has 33 valence electrons. The molecule has 6 heteroatoms. The van der Waals surface area contributed by atoms with Crippen LogP contribution in [0.3, 0.4) is 0 Å². The van der Waals surface area contributed by atoms with Gasteiger partial charge in [0.15, 0.2) is 0 Å². The van der Waals surface area contributed by atoms with E-state index in [0.717, 1.165) is 0 Å². The van der Waals surface area contributed by atoms with Gasteiger partial charge in [-0.2, -0.15) is 0 Å². The van der Waals surface area contributed by atoms with E-state index in [4.69, 9.17) is 14.1 Å². The molecule has 0 fully saturated rings. The monoisotopic (exact) mass is 299 g/mol. The number of hydrogen-bond donors (Lipinski definition) is 2. The van der Waals surface area contributed by atoms with E-state index in [9.17, 15) is 0 Å². The van der Waals surface area contributed by atoms with Crippen molar-refractivity contribution in [2.45, 2.75) is 0 Å². The Kier molecular flexibility index (Phi) is 24.3. The van der Waals surface area contributed by atoms with E-state index in [2.05, 4.69) is 0 Å². The summed E-state index contributed by atoms with van der Waals surface area (Å²) in [5.41, 5.74) is 0. The van der Waals surface area contributed by atoms with Gasteiger partial charge in [0.25, 0.3) is 0 Å². The van der Waals surface area contributed by atoms with Crippen molar-refractivity contribution in [1.82, 2.24) is 0 Å². The molecule has 0 atom stereocenters. The van der Waals surface area contributed by atoms with Crippen LogP contribution < -0.4 is 0 Å². The Balaban J connectivity index is -0.0000000450. The molecule has 6 heavy (non-hydrogen) atoms. The molecule has 0 saturated carbocycles. The van der Waals surface area contributed by atoms with Crippen molar-refractivity contribution in [2.75, 3.05) is 0 Å². The van der Waals surface area contributed by atoms with Crippen molar-refractivity contribution in [3.63, 3.8) is 0 Å². The molecule has 0 unspecified atom stereocenters. The second-order valence-electron chi connectivity index (χ2n) is 0.283. The van der Waals surface area contributed by atoms with Crippen LogP contribution in [0.15, 0.2) is 0 Å². The van der Waals surface area contributed by atoms with Crippen LogP contribution >= 0.6 is 0 Å². The summed E-state index contributed by atoms with van der Waals surface area (Å²) in [6.45, 7) is 0.